The van der Waals surface area contributed by atoms with Gasteiger partial charge in [-0.1, -0.05) is 18.0 Å². The number of halogens is 1. The number of rotatable bonds is 3. The van der Waals surface area contributed by atoms with Gasteiger partial charge in [0, 0.05) is 23.7 Å². The van der Waals surface area contributed by atoms with Gasteiger partial charge >= 0.3 is 0 Å². The second kappa shape index (κ2) is 6.41. The number of amides is 1. The standard InChI is InChI=1S/C14H18ClN3O3/c1-8-5-13(18(20)21)11(15)7-12(8)17-14(19)9-3-2-4-10(16)6-9/h5,7,9-10H,2-4,6,16H2,1H3,(H,17,19). The van der Waals surface area contributed by atoms with E-state index in [4.69, 9.17) is 17.3 Å². The van der Waals surface area contributed by atoms with Gasteiger partial charge in [0.25, 0.3) is 5.69 Å². The van der Waals surface area contributed by atoms with Crippen LogP contribution >= 0.6 is 11.6 Å². The average Bonchev–Trinajstić information content (AvgIpc) is 2.42. The van der Waals surface area contributed by atoms with Crippen molar-refractivity contribution in [2.75, 3.05) is 5.32 Å². The fraction of sp³-hybridized carbons (Fsp3) is 0.500. The van der Waals surface area contributed by atoms with Crippen LogP contribution in [-0.2, 0) is 4.79 Å². The van der Waals surface area contributed by atoms with Crippen molar-refractivity contribution in [3.8, 4) is 0 Å². The lowest BCUT2D eigenvalue weighted by Gasteiger charge is -2.25. The Morgan fingerprint density at radius 1 is 1.48 bits per heavy atom. The Hall–Kier alpha value is -1.66. The lowest BCUT2D eigenvalue weighted by Crippen LogP contribution is -2.34. The Morgan fingerprint density at radius 3 is 2.81 bits per heavy atom. The minimum atomic E-state index is -0.541. The Morgan fingerprint density at radius 2 is 2.19 bits per heavy atom. The van der Waals surface area contributed by atoms with Crippen molar-refractivity contribution in [3.63, 3.8) is 0 Å². The minimum absolute atomic E-state index is 0.0150. The monoisotopic (exact) mass is 311 g/mol. The number of nitrogens with zero attached hydrogens (tertiary/aromatic N) is 1. The minimum Gasteiger partial charge on any atom is -0.328 e. The number of nitrogens with one attached hydrogen (secondary N) is 1. The zero-order valence-corrected chi connectivity index (χ0v) is 12.5. The maximum absolute atomic E-state index is 12.3. The summed E-state index contributed by atoms with van der Waals surface area (Å²) >= 11 is 5.88. The first-order valence-corrected chi connectivity index (χ1v) is 7.27. The van der Waals surface area contributed by atoms with Gasteiger partial charge in [-0.25, -0.2) is 0 Å². The molecule has 0 bridgehead atoms. The van der Waals surface area contributed by atoms with Crippen LogP contribution in [0.3, 0.4) is 0 Å². The SMILES string of the molecule is Cc1cc([N+](=O)[O-])c(Cl)cc1NC(=O)C1CCCC(N)C1. The smallest absolute Gasteiger partial charge is 0.288 e. The summed E-state index contributed by atoms with van der Waals surface area (Å²) in [6.07, 6.45) is 3.39. The highest BCUT2D eigenvalue weighted by atomic mass is 35.5. The summed E-state index contributed by atoms with van der Waals surface area (Å²) in [5, 5.41) is 13.6. The molecule has 0 aliphatic heterocycles. The van der Waals surface area contributed by atoms with Crippen LogP contribution in [0.25, 0.3) is 0 Å². The molecule has 2 rings (SSSR count). The van der Waals surface area contributed by atoms with Crippen LogP contribution < -0.4 is 11.1 Å². The van der Waals surface area contributed by atoms with Crippen LogP contribution in [0.15, 0.2) is 12.1 Å². The lowest BCUT2D eigenvalue weighted by molar-refractivity contribution is -0.384. The van der Waals surface area contributed by atoms with Gasteiger partial charge < -0.3 is 11.1 Å². The molecule has 3 N–H and O–H groups in total. The summed E-state index contributed by atoms with van der Waals surface area (Å²) in [4.78, 5) is 22.5. The molecule has 1 saturated carbocycles. The van der Waals surface area contributed by atoms with E-state index in [0.29, 0.717) is 17.7 Å². The molecule has 2 unspecified atom stereocenters. The van der Waals surface area contributed by atoms with Gasteiger partial charge in [-0.2, -0.15) is 0 Å². The van der Waals surface area contributed by atoms with E-state index in [2.05, 4.69) is 5.32 Å². The average molecular weight is 312 g/mol. The second-order valence-electron chi connectivity index (χ2n) is 5.49. The number of nitro groups is 1. The third-order valence-electron chi connectivity index (χ3n) is 3.83. The highest BCUT2D eigenvalue weighted by molar-refractivity contribution is 6.33. The summed E-state index contributed by atoms with van der Waals surface area (Å²) in [7, 11) is 0. The van der Waals surface area contributed by atoms with E-state index in [-0.39, 0.29) is 28.6 Å². The molecule has 2 atom stereocenters. The van der Waals surface area contributed by atoms with Crippen molar-refractivity contribution in [1.82, 2.24) is 0 Å². The molecule has 1 fully saturated rings. The summed E-state index contributed by atoms with van der Waals surface area (Å²) in [6, 6.07) is 2.86. The van der Waals surface area contributed by atoms with Gasteiger partial charge in [0.15, 0.2) is 0 Å². The molecule has 1 aliphatic rings. The number of hydrogen-bond acceptors (Lipinski definition) is 4. The highest BCUT2D eigenvalue weighted by Gasteiger charge is 2.26. The molecule has 1 aromatic rings. The van der Waals surface area contributed by atoms with E-state index >= 15 is 0 Å². The molecular weight excluding hydrogens is 294 g/mol. The molecule has 1 aromatic carbocycles. The van der Waals surface area contributed by atoms with Crippen molar-refractivity contribution in [1.29, 1.82) is 0 Å². The molecule has 114 valence electrons. The van der Waals surface area contributed by atoms with E-state index < -0.39 is 4.92 Å². The van der Waals surface area contributed by atoms with Crippen molar-refractivity contribution >= 4 is 28.9 Å². The quantitative estimate of drug-likeness (QED) is 0.662. The number of anilines is 1. The van der Waals surface area contributed by atoms with Crippen molar-refractivity contribution < 1.29 is 9.72 Å². The number of benzene rings is 1. The predicted octanol–water partition coefficient (Wildman–Crippen LogP) is 3.01. The Kier molecular flexibility index (Phi) is 4.80. The van der Waals surface area contributed by atoms with Crippen LogP contribution in [0.5, 0.6) is 0 Å². The van der Waals surface area contributed by atoms with E-state index in [1.165, 1.54) is 12.1 Å². The third-order valence-corrected chi connectivity index (χ3v) is 4.14. The fourth-order valence-electron chi connectivity index (χ4n) is 2.64. The van der Waals surface area contributed by atoms with Gasteiger partial charge in [-0.05, 0) is 37.8 Å². The topological polar surface area (TPSA) is 98.3 Å². The Labute approximate surface area is 127 Å². The largest absolute Gasteiger partial charge is 0.328 e. The summed E-state index contributed by atoms with van der Waals surface area (Å²) in [6.45, 7) is 1.70. The lowest BCUT2D eigenvalue weighted by atomic mass is 9.85. The molecule has 21 heavy (non-hydrogen) atoms. The van der Waals surface area contributed by atoms with Crippen molar-refractivity contribution in [2.24, 2.45) is 11.7 Å². The maximum atomic E-state index is 12.3. The number of nitrogens with two attached hydrogens (primary N) is 1. The van der Waals surface area contributed by atoms with Crippen LogP contribution in [0, 0.1) is 23.0 Å². The molecule has 0 spiro atoms. The fourth-order valence-corrected chi connectivity index (χ4v) is 2.87. The molecular formula is C14H18ClN3O3. The van der Waals surface area contributed by atoms with E-state index in [1.54, 1.807) is 6.92 Å². The van der Waals surface area contributed by atoms with Crippen LogP contribution in [0.2, 0.25) is 5.02 Å². The van der Waals surface area contributed by atoms with E-state index in [1.807, 2.05) is 0 Å². The number of nitro benzene ring substituents is 1. The molecule has 1 aliphatic carbocycles. The first-order valence-electron chi connectivity index (χ1n) is 6.89. The Balaban J connectivity index is 2.14. The number of carbonyl (C=O) groups is 1. The van der Waals surface area contributed by atoms with Crippen LogP contribution in [-0.4, -0.2) is 16.9 Å². The number of carbonyl (C=O) groups excluding carboxylic acids is 1. The number of hydrogen-bond donors (Lipinski definition) is 2. The predicted molar refractivity (Wildman–Crippen MR) is 81.4 cm³/mol. The van der Waals surface area contributed by atoms with Gasteiger partial charge in [-0.15, -0.1) is 0 Å². The third kappa shape index (κ3) is 3.71. The van der Waals surface area contributed by atoms with Crippen LogP contribution in [0.1, 0.15) is 31.2 Å². The van der Waals surface area contributed by atoms with Gasteiger partial charge in [-0.3, -0.25) is 14.9 Å². The second-order valence-corrected chi connectivity index (χ2v) is 5.90. The molecule has 1 amide bonds. The van der Waals surface area contributed by atoms with E-state index in [9.17, 15) is 14.9 Å². The molecule has 7 heteroatoms. The summed E-state index contributed by atoms with van der Waals surface area (Å²) in [5.41, 5.74) is 6.85. The van der Waals surface area contributed by atoms with Crippen LogP contribution in [0.4, 0.5) is 11.4 Å². The number of aryl methyl sites for hydroxylation is 1. The first kappa shape index (κ1) is 15.7. The van der Waals surface area contributed by atoms with E-state index in [0.717, 1.165) is 19.3 Å². The zero-order valence-electron chi connectivity index (χ0n) is 11.8. The molecule has 0 radical (unpaired) electrons. The highest BCUT2D eigenvalue weighted by Crippen LogP contribution is 2.31. The molecule has 0 saturated heterocycles. The molecule has 0 aromatic heterocycles. The van der Waals surface area contributed by atoms with Crippen molar-refractivity contribution in [3.05, 3.63) is 32.8 Å². The van der Waals surface area contributed by atoms with Gasteiger partial charge in [0.2, 0.25) is 5.91 Å². The Bertz CT molecular complexity index is 577. The zero-order chi connectivity index (χ0) is 15.6. The normalized spacial score (nSPS) is 21.9. The molecule has 0 heterocycles. The first-order chi connectivity index (χ1) is 9.88. The van der Waals surface area contributed by atoms with Gasteiger partial charge in [0.05, 0.1) is 4.92 Å². The summed E-state index contributed by atoms with van der Waals surface area (Å²) < 4.78 is 0. The van der Waals surface area contributed by atoms with Gasteiger partial charge in [0.1, 0.15) is 5.02 Å². The maximum Gasteiger partial charge on any atom is 0.288 e. The molecule has 6 nitrogen and oxygen atoms in total. The van der Waals surface area contributed by atoms with Crippen molar-refractivity contribution in [2.45, 2.75) is 38.6 Å². The summed E-state index contributed by atoms with van der Waals surface area (Å²) in [5.74, 6) is -0.208.